The fourth-order valence-corrected chi connectivity index (χ4v) is 16.4. The zero-order valence-electron chi connectivity index (χ0n) is 46.4. The van der Waals surface area contributed by atoms with Crippen LogP contribution in [0.25, 0.3) is 111 Å². The summed E-state index contributed by atoms with van der Waals surface area (Å²) < 4.78 is 15.4. The fourth-order valence-electron chi connectivity index (χ4n) is 13.7. The van der Waals surface area contributed by atoms with Gasteiger partial charge in [-0.3, -0.25) is 0 Å². The summed E-state index contributed by atoms with van der Waals surface area (Å²) in [6.07, 6.45) is 5.71. The molecule has 1 aromatic heterocycles. The van der Waals surface area contributed by atoms with Gasteiger partial charge in [0.1, 0.15) is 0 Å². The highest BCUT2D eigenvalue weighted by Crippen LogP contribution is 2.50. The molecule has 0 unspecified atom stereocenters. The van der Waals surface area contributed by atoms with Crippen molar-refractivity contribution in [2.45, 2.75) is 37.5 Å². The molecule has 1 aliphatic rings. The molecule has 0 amide bonds. The highest BCUT2D eigenvalue weighted by molar-refractivity contribution is 7.85. The van der Waals surface area contributed by atoms with Crippen LogP contribution in [0.3, 0.4) is 0 Å². The zero-order valence-corrected chi connectivity index (χ0v) is 47.3. The lowest BCUT2D eigenvalue weighted by atomic mass is 9.65. The van der Waals surface area contributed by atoms with Crippen LogP contribution in [0.4, 0.5) is 0 Å². The molecule has 14 aromatic rings. The topological polar surface area (TPSA) is 55.7 Å². The number of nitrogens with zero attached hydrogens (tertiary/aromatic N) is 3. The Hall–Kier alpha value is -9.86. The van der Waals surface area contributed by atoms with Gasteiger partial charge in [0.2, 0.25) is 0 Å². The molecule has 0 saturated heterocycles. The van der Waals surface area contributed by atoms with Crippen LogP contribution >= 0.6 is 7.14 Å². The Labute approximate surface area is 490 Å². The molecule has 4 nitrogen and oxygen atoms in total. The van der Waals surface area contributed by atoms with Crippen molar-refractivity contribution >= 4 is 66.1 Å². The lowest BCUT2D eigenvalue weighted by Crippen LogP contribution is -2.30. The molecule has 1 saturated carbocycles. The summed E-state index contributed by atoms with van der Waals surface area (Å²) in [5.74, 6) is 1.94. The Balaban J connectivity index is 0.805. The van der Waals surface area contributed by atoms with Gasteiger partial charge < -0.3 is 4.57 Å². The normalized spacial score (nSPS) is 13.4. The van der Waals surface area contributed by atoms with Gasteiger partial charge in [0, 0.05) is 38.0 Å². The van der Waals surface area contributed by atoms with E-state index < -0.39 is 7.14 Å². The summed E-state index contributed by atoms with van der Waals surface area (Å²) in [5, 5.41) is 11.8. The molecule has 1 aliphatic carbocycles. The third-order valence-electron chi connectivity index (χ3n) is 17.7. The van der Waals surface area contributed by atoms with Gasteiger partial charge >= 0.3 is 0 Å². The van der Waals surface area contributed by atoms with Crippen molar-refractivity contribution in [3.63, 3.8) is 0 Å². The Bertz CT molecular complexity index is 4640. The smallest absolute Gasteiger partial charge is 0.171 e. The molecule has 1 heterocycles. The van der Waals surface area contributed by atoms with Gasteiger partial charge in [-0.1, -0.05) is 310 Å². The average Bonchev–Trinajstić information content (AvgIpc) is 2.46. The standard InChI is InChI=1S/C79H58N3OP/c83-84(61-28-10-3-11-29-61,62-30-12-4-13-31-62)63-50-44-56(45-51-63)74-66-34-16-14-32-64(66)73(65-33-15-17-35-67(65)74)55-40-46-59(47-41-55)79(52-22-5-23-53-79)60-48-42-58(43-49-60)77-80-76(57-26-8-2-9-27-57)81-78(82-77)75-70-38-20-18-36-68(70)72(54-24-6-1-7-25-54)69-37-19-21-39-71(69)75/h1-4,6-21,24-51H,5,22-23,52-53H2. The van der Waals surface area contributed by atoms with Crippen LogP contribution in [-0.2, 0) is 9.98 Å². The summed E-state index contributed by atoms with van der Waals surface area (Å²) in [5.41, 5.74) is 12.5. The van der Waals surface area contributed by atoms with Gasteiger partial charge in [-0.05, 0) is 100 Å². The van der Waals surface area contributed by atoms with E-state index in [0.29, 0.717) is 17.5 Å². The van der Waals surface area contributed by atoms with E-state index in [0.717, 1.165) is 72.6 Å². The largest absolute Gasteiger partial charge is 0.309 e. The predicted octanol–water partition coefficient (Wildman–Crippen LogP) is 19.4. The number of hydrogen-bond acceptors (Lipinski definition) is 4. The van der Waals surface area contributed by atoms with Crippen LogP contribution in [0, 0.1) is 0 Å². The van der Waals surface area contributed by atoms with Gasteiger partial charge in [-0.25, -0.2) is 15.0 Å². The molecule has 0 radical (unpaired) electrons. The number of benzene rings is 13. The first-order valence-corrected chi connectivity index (χ1v) is 31.0. The van der Waals surface area contributed by atoms with E-state index in [4.69, 9.17) is 15.0 Å². The van der Waals surface area contributed by atoms with Crippen LogP contribution in [0.5, 0.6) is 0 Å². The number of hydrogen-bond donors (Lipinski definition) is 0. The van der Waals surface area contributed by atoms with Crippen LogP contribution in [0.15, 0.2) is 291 Å². The molecular weight excluding hydrogens is 1040 g/mol. The van der Waals surface area contributed by atoms with Crippen molar-refractivity contribution in [1.82, 2.24) is 15.0 Å². The van der Waals surface area contributed by atoms with Crippen molar-refractivity contribution < 1.29 is 4.57 Å². The van der Waals surface area contributed by atoms with Gasteiger partial charge in [0.15, 0.2) is 24.6 Å². The molecule has 15 rings (SSSR count). The Morgan fingerprint density at radius 1 is 0.250 bits per heavy atom. The summed E-state index contributed by atoms with van der Waals surface area (Å²) in [7, 11) is -3.14. The average molecular weight is 1100 g/mol. The SMILES string of the molecule is O=P(c1ccccc1)(c1ccccc1)c1ccc(-c2c3ccccc3c(-c3ccc(C4(c5ccc(-c6nc(-c7ccccc7)nc(-c7c8ccccc8c(-c8ccccc8)c8ccccc78)n6)cc5)CCCCC4)cc3)c3ccccc23)cc1. The highest BCUT2D eigenvalue weighted by atomic mass is 31.2. The summed E-state index contributed by atoms with van der Waals surface area (Å²) >= 11 is 0. The summed E-state index contributed by atoms with van der Waals surface area (Å²) in [6.45, 7) is 0. The minimum atomic E-state index is -3.14. The third-order valence-corrected chi connectivity index (χ3v) is 20.8. The van der Waals surface area contributed by atoms with Crippen molar-refractivity contribution in [2.75, 3.05) is 0 Å². The Kier molecular flexibility index (Phi) is 13.1. The number of fused-ring (bicyclic) bond motifs is 4. The van der Waals surface area contributed by atoms with Gasteiger partial charge in [0.25, 0.3) is 0 Å². The fraction of sp³-hybridized carbons (Fsp3) is 0.0759. The predicted molar refractivity (Wildman–Crippen MR) is 352 cm³/mol. The molecule has 0 N–H and O–H groups in total. The molecule has 400 valence electrons. The second-order valence-corrected chi connectivity index (χ2v) is 25.1. The molecular formula is C79H58N3OP. The van der Waals surface area contributed by atoms with Crippen molar-refractivity contribution in [2.24, 2.45) is 0 Å². The quantitative estimate of drug-likeness (QED) is 0.0957. The summed E-state index contributed by atoms with van der Waals surface area (Å²) in [4.78, 5) is 16.0. The van der Waals surface area contributed by atoms with Crippen LogP contribution in [0.2, 0.25) is 0 Å². The van der Waals surface area contributed by atoms with Gasteiger partial charge in [-0.2, -0.15) is 0 Å². The Morgan fingerprint density at radius 3 is 0.917 bits per heavy atom. The molecule has 1 fully saturated rings. The van der Waals surface area contributed by atoms with E-state index in [1.807, 2.05) is 78.9 Å². The second kappa shape index (κ2) is 21.5. The summed E-state index contributed by atoms with van der Waals surface area (Å²) in [6, 6.07) is 103. The van der Waals surface area contributed by atoms with E-state index in [9.17, 15) is 0 Å². The van der Waals surface area contributed by atoms with E-state index in [2.05, 4.69) is 212 Å². The third kappa shape index (κ3) is 8.76. The van der Waals surface area contributed by atoms with Crippen LogP contribution < -0.4 is 15.9 Å². The Morgan fingerprint density at radius 2 is 0.524 bits per heavy atom. The van der Waals surface area contributed by atoms with Gasteiger partial charge in [0.05, 0.1) is 0 Å². The minimum absolute atomic E-state index is 0.155. The van der Waals surface area contributed by atoms with Crippen molar-refractivity contribution in [3.05, 3.63) is 302 Å². The second-order valence-electron chi connectivity index (χ2n) is 22.3. The van der Waals surface area contributed by atoms with E-state index >= 15 is 4.57 Å². The molecule has 0 aliphatic heterocycles. The van der Waals surface area contributed by atoms with Crippen LogP contribution in [-0.4, -0.2) is 15.0 Å². The molecule has 5 heteroatoms. The lowest BCUT2D eigenvalue weighted by molar-refractivity contribution is 0.346. The van der Waals surface area contributed by atoms with Crippen molar-refractivity contribution in [1.29, 1.82) is 0 Å². The van der Waals surface area contributed by atoms with E-state index in [1.54, 1.807) is 0 Å². The maximum atomic E-state index is 15.4. The van der Waals surface area contributed by atoms with Crippen molar-refractivity contribution in [3.8, 4) is 67.5 Å². The number of rotatable bonds is 11. The minimum Gasteiger partial charge on any atom is -0.309 e. The molecule has 0 atom stereocenters. The molecule has 13 aromatic carbocycles. The maximum Gasteiger partial charge on any atom is 0.171 e. The molecule has 0 spiro atoms. The first kappa shape index (κ1) is 51.1. The first-order chi connectivity index (χ1) is 41.5. The highest BCUT2D eigenvalue weighted by Gasteiger charge is 2.36. The monoisotopic (exact) mass is 1100 g/mol. The number of aromatic nitrogens is 3. The maximum absolute atomic E-state index is 15.4. The molecule has 84 heavy (non-hydrogen) atoms. The lowest BCUT2D eigenvalue weighted by Gasteiger charge is -2.39. The molecule has 0 bridgehead atoms. The zero-order chi connectivity index (χ0) is 56.0. The van der Waals surface area contributed by atoms with E-state index in [1.165, 1.54) is 79.8 Å². The van der Waals surface area contributed by atoms with Gasteiger partial charge in [-0.15, -0.1) is 0 Å². The van der Waals surface area contributed by atoms with Crippen LogP contribution in [0.1, 0.15) is 43.2 Å². The first-order valence-electron chi connectivity index (χ1n) is 29.3. The van der Waals surface area contributed by atoms with E-state index in [-0.39, 0.29) is 5.41 Å².